The molecule has 0 aliphatic rings. The topological polar surface area (TPSA) is 67.8 Å². The highest BCUT2D eigenvalue weighted by molar-refractivity contribution is 6.32. The zero-order valence-corrected chi connectivity index (χ0v) is 16.1. The lowest BCUT2D eigenvalue weighted by Crippen LogP contribution is -2.04. The molecule has 0 spiro atoms. The molecule has 5 nitrogen and oxygen atoms in total. The number of carbonyl (C=O) groups is 1. The van der Waals surface area contributed by atoms with Gasteiger partial charge in [-0.15, -0.1) is 0 Å². The fraction of sp³-hybridized carbons (Fsp3) is 0.136. The number of hydrogen-bond donors (Lipinski definition) is 2. The van der Waals surface area contributed by atoms with Crippen LogP contribution in [0.1, 0.15) is 21.5 Å². The molecule has 0 radical (unpaired) electrons. The number of benzene rings is 3. The van der Waals surface area contributed by atoms with Crippen LogP contribution in [0, 0.1) is 0 Å². The Bertz CT molecular complexity index is 960. The van der Waals surface area contributed by atoms with E-state index >= 15 is 0 Å². The molecule has 2 N–H and O–H groups in total. The molecule has 6 heteroatoms. The van der Waals surface area contributed by atoms with Crippen LogP contribution in [-0.2, 0) is 13.2 Å². The molecule has 3 aromatic carbocycles. The van der Waals surface area contributed by atoms with E-state index in [-0.39, 0.29) is 5.56 Å². The third-order valence-electron chi connectivity index (χ3n) is 4.12. The van der Waals surface area contributed by atoms with Crippen molar-refractivity contribution in [2.75, 3.05) is 12.4 Å². The van der Waals surface area contributed by atoms with E-state index < -0.39 is 5.97 Å². The van der Waals surface area contributed by atoms with Gasteiger partial charge < -0.3 is 19.9 Å². The van der Waals surface area contributed by atoms with Crippen LogP contribution in [0.4, 0.5) is 5.69 Å². The molecule has 28 heavy (non-hydrogen) atoms. The number of ether oxygens (including phenoxy) is 2. The number of hydrogen-bond acceptors (Lipinski definition) is 4. The Labute approximate surface area is 168 Å². The van der Waals surface area contributed by atoms with Gasteiger partial charge in [-0.05, 0) is 41.5 Å². The van der Waals surface area contributed by atoms with Gasteiger partial charge in [0.05, 0.1) is 17.7 Å². The van der Waals surface area contributed by atoms with Gasteiger partial charge in [-0.2, -0.15) is 0 Å². The average Bonchev–Trinajstić information content (AvgIpc) is 2.72. The first-order valence-corrected chi connectivity index (χ1v) is 9.05. The molecule has 0 saturated carbocycles. The zero-order chi connectivity index (χ0) is 19.9. The molecule has 0 aliphatic heterocycles. The first-order chi connectivity index (χ1) is 13.6. The minimum atomic E-state index is -0.965. The van der Waals surface area contributed by atoms with Crippen LogP contribution in [0.5, 0.6) is 11.5 Å². The summed E-state index contributed by atoms with van der Waals surface area (Å²) in [7, 11) is 1.56. The van der Waals surface area contributed by atoms with E-state index in [9.17, 15) is 4.79 Å². The molecule has 0 bridgehead atoms. The molecular formula is C22H20ClNO4. The number of carboxylic acid groups (broad SMARTS) is 1. The summed E-state index contributed by atoms with van der Waals surface area (Å²) in [5.41, 5.74) is 2.85. The average molecular weight is 398 g/mol. The highest BCUT2D eigenvalue weighted by Crippen LogP contribution is 2.37. The molecule has 0 aliphatic carbocycles. The number of anilines is 1. The van der Waals surface area contributed by atoms with Crippen LogP contribution < -0.4 is 14.8 Å². The van der Waals surface area contributed by atoms with Crippen molar-refractivity contribution < 1.29 is 19.4 Å². The normalized spacial score (nSPS) is 10.4. The first kappa shape index (κ1) is 19.6. The van der Waals surface area contributed by atoms with E-state index in [0.29, 0.717) is 35.4 Å². The Morgan fingerprint density at radius 2 is 1.82 bits per heavy atom. The van der Waals surface area contributed by atoms with Crippen molar-refractivity contribution >= 4 is 23.3 Å². The van der Waals surface area contributed by atoms with Crippen molar-refractivity contribution in [1.29, 1.82) is 0 Å². The summed E-state index contributed by atoms with van der Waals surface area (Å²) in [5, 5.41) is 12.7. The maximum Gasteiger partial charge on any atom is 0.335 e. The molecule has 0 aromatic heterocycles. The summed E-state index contributed by atoms with van der Waals surface area (Å²) in [6.45, 7) is 0.842. The van der Waals surface area contributed by atoms with Gasteiger partial charge in [0.1, 0.15) is 6.61 Å². The van der Waals surface area contributed by atoms with Gasteiger partial charge in [-0.3, -0.25) is 0 Å². The van der Waals surface area contributed by atoms with E-state index in [1.54, 1.807) is 31.4 Å². The van der Waals surface area contributed by atoms with E-state index in [4.69, 9.17) is 26.2 Å². The third-order valence-corrected chi connectivity index (χ3v) is 4.40. The summed E-state index contributed by atoms with van der Waals surface area (Å²) < 4.78 is 11.3. The molecule has 0 fully saturated rings. The van der Waals surface area contributed by atoms with Gasteiger partial charge in [0.15, 0.2) is 11.5 Å². The van der Waals surface area contributed by atoms with Gasteiger partial charge in [0.2, 0.25) is 0 Å². The number of methoxy groups -OCH3 is 1. The molecular weight excluding hydrogens is 378 g/mol. The van der Waals surface area contributed by atoms with Crippen LogP contribution in [0.15, 0.2) is 66.7 Å². The molecule has 0 amide bonds. The predicted molar refractivity (Wildman–Crippen MR) is 110 cm³/mol. The fourth-order valence-electron chi connectivity index (χ4n) is 2.71. The molecule has 0 atom stereocenters. The highest BCUT2D eigenvalue weighted by atomic mass is 35.5. The Morgan fingerprint density at radius 1 is 1.04 bits per heavy atom. The summed E-state index contributed by atoms with van der Waals surface area (Å²) in [4.78, 5) is 11.1. The van der Waals surface area contributed by atoms with Crippen molar-refractivity contribution in [3.8, 4) is 11.5 Å². The second-order valence-electron chi connectivity index (χ2n) is 6.12. The van der Waals surface area contributed by atoms with Crippen LogP contribution >= 0.6 is 11.6 Å². The second-order valence-corrected chi connectivity index (χ2v) is 6.53. The predicted octanol–water partition coefficient (Wildman–Crippen LogP) is 5.24. The first-order valence-electron chi connectivity index (χ1n) is 8.67. The molecule has 0 unspecified atom stereocenters. The van der Waals surface area contributed by atoms with Crippen LogP contribution in [0.25, 0.3) is 0 Å². The van der Waals surface area contributed by atoms with Crippen molar-refractivity contribution in [3.63, 3.8) is 0 Å². The summed E-state index contributed by atoms with van der Waals surface area (Å²) in [6.07, 6.45) is 0. The van der Waals surface area contributed by atoms with Gasteiger partial charge in [0, 0.05) is 12.2 Å². The van der Waals surface area contributed by atoms with E-state index in [1.165, 1.54) is 0 Å². The lowest BCUT2D eigenvalue weighted by Gasteiger charge is -2.15. The minimum absolute atomic E-state index is 0.227. The SMILES string of the molecule is COc1cc(CNc2cccc(C(=O)O)c2)cc(Cl)c1OCc1ccccc1. The van der Waals surface area contributed by atoms with Gasteiger partial charge in [-0.25, -0.2) is 4.79 Å². The number of rotatable bonds is 8. The van der Waals surface area contributed by atoms with Crippen LogP contribution in [0.3, 0.4) is 0 Å². The molecule has 144 valence electrons. The summed E-state index contributed by atoms with van der Waals surface area (Å²) >= 11 is 6.42. The smallest absolute Gasteiger partial charge is 0.335 e. The Balaban J connectivity index is 1.72. The largest absolute Gasteiger partial charge is 0.493 e. The van der Waals surface area contributed by atoms with E-state index in [1.807, 2.05) is 42.5 Å². The fourth-order valence-corrected chi connectivity index (χ4v) is 3.00. The monoisotopic (exact) mass is 397 g/mol. The molecule has 0 heterocycles. The van der Waals surface area contributed by atoms with Crippen molar-refractivity contribution in [1.82, 2.24) is 0 Å². The van der Waals surface area contributed by atoms with Crippen molar-refractivity contribution in [2.24, 2.45) is 0 Å². The third kappa shape index (κ3) is 4.96. The van der Waals surface area contributed by atoms with E-state index in [2.05, 4.69) is 5.32 Å². The Morgan fingerprint density at radius 3 is 2.54 bits per heavy atom. The Hall–Kier alpha value is -3.18. The molecule has 3 rings (SSSR count). The number of nitrogens with one attached hydrogen (secondary N) is 1. The zero-order valence-electron chi connectivity index (χ0n) is 15.3. The number of carboxylic acids is 1. The summed E-state index contributed by atoms with van der Waals surface area (Å²) in [5.74, 6) is 0.0671. The van der Waals surface area contributed by atoms with Crippen molar-refractivity contribution in [2.45, 2.75) is 13.2 Å². The maximum atomic E-state index is 11.1. The van der Waals surface area contributed by atoms with Crippen LogP contribution in [-0.4, -0.2) is 18.2 Å². The number of halogens is 1. The maximum absolute atomic E-state index is 11.1. The van der Waals surface area contributed by atoms with Crippen LogP contribution in [0.2, 0.25) is 5.02 Å². The lowest BCUT2D eigenvalue weighted by atomic mass is 10.1. The molecule has 3 aromatic rings. The minimum Gasteiger partial charge on any atom is -0.493 e. The van der Waals surface area contributed by atoms with Gasteiger partial charge in [-0.1, -0.05) is 48.0 Å². The standard InChI is InChI=1S/C22H20ClNO4/c1-27-20-11-16(13-24-18-9-5-8-17(12-18)22(25)26)10-19(23)21(20)28-14-15-6-3-2-4-7-15/h2-12,24H,13-14H2,1H3,(H,25,26). The number of aromatic carboxylic acids is 1. The lowest BCUT2D eigenvalue weighted by molar-refractivity contribution is 0.0697. The Kier molecular flexibility index (Phi) is 6.40. The second kappa shape index (κ2) is 9.15. The molecule has 0 saturated heterocycles. The van der Waals surface area contributed by atoms with Crippen molar-refractivity contribution in [3.05, 3.63) is 88.4 Å². The van der Waals surface area contributed by atoms with E-state index in [0.717, 1.165) is 11.1 Å². The quantitative estimate of drug-likeness (QED) is 0.544. The van der Waals surface area contributed by atoms with Gasteiger partial charge >= 0.3 is 5.97 Å². The highest BCUT2D eigenvalue weighted by Gasteiger charge is 2.13. The van der Waals surface area contributed by atoms with Gasteiger partial charge in [0.25, 0.3) is 0 Å². The summed E-state index contributed by atoms with van der Waals surface area (Å²) in [6, 6.07) is 20.1.